The number of nitrogens with one attached hydrogen (secondary N) is 1. The van der Waals surface area contributed by atoms with Crippen LogP contribution in [0.3, 0.4) is 0 Å². The summed E-state index contributed by atoms with van der Waals surface area (Å²) in [5.74, 6) is -3.04. The Morgan fingerprint density at radius 2 is 1.76 bits per heavy atom. The number of alkyl halides is 3. The number of nitrogens with zero attached hydrogens (tertiary/aromatic N) is 1. The van der Waals surface area contributed by atoms with E-state index in [1.165, 1.54) is 31.2 Å². The molecule has 6 nitrogen and oxygen atoms in total. The second-order valence-electron chi connectivity index (χ2n) is 8.69. The Morgan fingerprint density at radius 3 is 2.32 bits per heavy atom. The van der Waals surface area contributed by atoms with E-state index in [-0.39, 0.29) is 34.5 Å². The van der Waals surface area contributed by atoms with E-state index in [2.05, 4.69) is 10.3 Å². The van der Waals surface area contributed by atoms with Gasteiger partial charge in [-0.2, -0.15) is 13.2 Å². The molecule has 3 N–H and O–H groups in total. The number of nitrogens with two attached hydrogens (primary N) is 1. The minimum atomic E-state index is -4.73. The van der Waals surface area contributed by atoms with Gasteiger partial charge in [-0.3, -0.25) is 4.79 Å². The van der Waals surface area contributed by atoms with Crippen molar-refractivity contribution in [3.05, 3.63) is 88.1 Å². The first kappa shape index (κ1) is 28.2. The van der Waals surface area contributed by atoms with Gasteiger partial charge in [0.1, 0.15) is 22.7 Å². The number of aromatic nitrogens is 1. The largest absolute Gasteiger partial charge is 0.433 e. The number of hydrogen-bond acceptors (Lipinski definition) is 5. The SMILES string of the molecule is Cc1cc(F)cc(-c2nc(C(F)(F)F)ccc2CNC(=O)C(C)c2ccc(C(N)S(C)(=O)=O)c(F)c2)c1. The number of halogens is 5. The van der Waals surface area contributed by atoms with E-state index >= 15 is 0 Å². The van der Waals surface area contributed by atoms with Crippen molar-refractivity contribution in [2.45, 2.75) is 37.9 Å². The second-order valence-corrected chi connectivity index (χ2v) is 10.9. The third kappa shape index (κ3) is 6.69. The summed E-state index contributed by atoms with van der Waals surface area (Å²) in [7, 11) is -3.75. The van der Waals surface area contributed by atoms with Crippen LogP contribution in [-0.2, 0) is 27.4 Å². The van der Waals surface area contributed by atoms with Crippen molar-refractivity contribution in [3.63, 3.8) is 0 Å². The fraction of sp³-hybridized carbons (Fsp3) is 0.280. The Balaban J connectivity index is 1.86. The molecule has 3 rings (SSSR count). The number of hydrogen-bond donors (Lipinski definition) is 2. The maximum Gasteiger partial charge on any atom is 0.433 e. The highest BCUT2D eigenvalue weighted by Crippen LogP contribution is 2.32. The van der Waals surface area contributed by atoms with Crippen LogP contribution in [0.5, 0.6) is 0 Å². The molecular formula is C25H24F5N3O3S. The molecule has 2 aromatic carbocycles. The number of carbonyl (C=O) groups excluding carboxylic acids is 1. The average Bonchev–Trinajstić information content (AvgIpc) is 2.79. The van der Waals surface area contributed by atoms with Gasteiger partial charge >= 0.3 is 6.18 Å². The maximum atomic E-state index is 14.5. The van der Waals surface area contributed by atoms with Crippen LogP contribution >= 0.6 is 0 Å². The fourth-order valence-corrected chi connectivity index (χ4v) is 4.32. The lowest BCUT2D eigenvalue weighted by molar-refractivity contribution is -0.141. The molecule has 0 saturated heterocycles. The van der Waals surface area contributed by atoms with E-state index in [1.807, 2.05) is 0 Å². The van der Waals surface area contributed by atoms with Gasteiger partial charge in [0.25, 0.3) is 0 Å². The predicted octanol–water partition coefficient (Wildman–Crippen LogP) is 4.78. The van der Waals surface area contributed by atoms with Gasteiger partial charge in [-0.25, -0.2) is 22.2 Å². The molecule has 0 aliphatic rings. The minimum Gasteiger partial charge on any atom is -0.351 e. The summed E-state index contributed by atoms with van der Waals surface area (Å²) in [6.07, 6.45) is -3.86. The number of pyridine rings is 1. The first-order chi connectivity index (χ1) is 17.1. The van der Waals surface area contributed by atoms with Gasteiger partial charge in [-0.1, -0.05) is 18.2 Å². The molecule has 12 heteroatoms. The van der Waals surface area contributed by atoms with E-state index in [4.69, 9.17) is 5.73 Å². The lowest BCUT2D eigenvalue weighted by Gasteiger charge is -2.17. The first-order valence-electron chi connectivity index (χ1n) is 10.9. The molecule has 0 aliphatic heterocycles. The van der Waals surface area contributed by atoms with Crippen LogP contribution in [-0.4, -0.2) is 25.6 Å². The van der Waals surface area contributed by atoms with Gasteiger partial charge in [-0.15, -0.1) is 0 Å². The highest BCUT2D eigenvalue weighted by molar-refractivity contribution is 7.90. The zero-order chi connectivity index (χ0) is 27.7. The fourth-order valence-electron chi connectivity index (χ4n) is 3.67. The normalized spacial score (nSPS) is 13.8. The van der Waals surface area contributed by atoms with Crippen LogP contribution in [0.2, 0.25) is 0 Å². The van der Waals surface area contributed by atoms with Crippen molar-refractivity contribution in [1.82, 2.24) is 10.3 Å². The molecule has 0 saturated carbocycles. The molecule has 1 heterocycles. The van der Waals surface area contributed by atoms with Crippen molar-refractivity contribution in [1.29, 1.82) is 0 Å². The van der Waals surface area contributed by atoms with Crippen LogP contribution in [0, 0.1) is 18.6 Å². The summed E-state index contributed by atoms with van der Waals surface area (Å²) >= 11 is 0. The number of carbonyl (C=O) groups is 1. The Morgan fingerprint density at radius 1 is 1.08 bits per heavy atom. The van der Waals surface area contributed by atoms with Gasteiger partial charge in [0.05, 0.1) is 11.6 Å². The third-order valence-corrected chi connectivity index (χ3v) is 6.90. The molecule has 0 radical (unpaired) electrons. The van der Waals surface area contributed by atoms with Crippen LogP contribution in [0.25, 0.3) is 11.3 Å². The maximum absolute atomic E-state index is 14.5. The Labute approximate surface area is 210 Å². The van der Waals surface area contributed by atoms with Crippen LogP contribution in [0.1, 0.15) is 46.2 Å². The average molecular weight is 542 g/mol. The van der Waals surface area contributed by atoms with E-state index in [1.54, 1.807) is 6.92 Å². The number of sulfone groups is 1. The number of aryl methyl sites for hydroxylation is 1. The van der Waals surface area contributed by atoms with Crippen molar-refractivity contribution < 1.29 is 35.2 Å². The number of amides is 1. The quantitative estimate of drug-likeness (QED) is 0.420. The van der Waals surface area contributed by atoms with Crippen LogP contribution in [0.15, 0.2) is 48.5 Å². The molecule has 0 aliphatic carbocycles. The smallest absolute Gasteiger partial charge is 0.351 e. The Kier molecular flexibility index (Phi) is 8.03. The summed E-state index contributed by atoms with van der Waals surface area (Å²) in [6.45, 7) is 2.82. The van der Waals surface area contributed by atoms with Crippen molar-refractivity contribution in [2.24, 2.45) is 5.73 Å². The molecule has 1 aromatic heterocycles. The van der Waals surface area contributed by atoms with Gasteiger partial charge in [0.15, 0.2) is 9.84 Å². The van der Waals surface area contributed by atoms with Gasteiger partial charge in [-0.05, 0) is 60.9 Å². The highest BCUT2D eigenvalue weighted by atomic mass is 32.2. The number of benzene rings is 2. The summed E-state index contributed by atoms with van der Waals surface area (Å²) in [5, 5.41) is 1.01. The standard InChI is InChI=1S/C25H24F5N3O3S/c1-13-8-17(10-18(26)9-13)22-16(5-7-21(33-22)25(28,29)30)12-32-24(34)14(2)15-4-6-19(20(27)11-15)23(31)37(3,35)36/h4-11,14,23H,12,31H2,1-3H3,(H,32,34). The van der Waals surface area contributed by atoms with Crippen molar-refractivity contribution in [3.8, 4) is 11.3 Å². The monoisotopic (exact) mass is 541 g/mol. The van der Waals surface area contributed by atoms with Gasteiger partial charge in [0, 0.05) is 23.9 Å². The summed E-state index contributed by atoms with van der Waals surface area (Å²) in [6, 6.07) is 9.22. The lowest BCUT2D eigenvalue weighted by Crippen LogP contribution is -2.28. The van der Waals surface area contributed by atoms with E-state index in [0.717, 1.165) is 30.5 Å². The molecule has 198 valence electrons. The van der Waals surface area contributed by atoms with E-state index in [9.17, 15) is 35.2 Å². The molecule has 37 heavy (non-hydrogen) atoms. The number of rotatable bonds is 7. The van der Waals surface area contributed by atoms with Crippen LogP contribution in [0.4, 0.5) is 22.0 Å². The van der Waals surface area contributed by atoms with E-state index < -0.39 is 50.5 Å². The second kappa shape index (κ2) is 10.5. The van der Waals surface area contributed by atoms with E-state index in [0.29, 0.717) is 5.56 Å². The highest BCUT2D eigenvalue weighted by Gasteiger charge is 2.33. The Bertz CT molecular complexity index is 1420. The molecule has 2 atom stereocenters. The first-order valence-corrected chi connectivity index (χ1v) is 12.9. The van der Waals surface area contributed by atoms with Gasteiger partial charge in [0.2, 0.25) is 5.91 Å². The molecule has 1 amide bonds. The molecule has 0 spiro atoms. The zero-order valence-corrected chi connectivity index (χ0v) is 20.8. The third-order valence-electron chi connectivity index (χ3n) is 5.72. The molecule has 3 aromatic rings. The van der Waals surface area contributed by atoms with Gasteiger partial charge < -0.3 is 11.1 Å². The predicted molar refractivity (Wildman–Crippen MR) is 128 cm³/mol. The zero-order valence-electron chi connectivity index (χ0n) is 20.0. The summed E-state index contributed by atoms with van der Waals surface area (Å²) < 4.78 is 91.6. The molecule has 0 fully saturated rings. The molecule has 2 unspecified atom stereocenters. The molecule has 0 bridgehead atoms. The summed E-state index contributed by atoms with van der Waals surface area (Å²) in [5.41, 5.74) is 5.04. The topological polar surface area (TPSA) is 102 Å². The van der Waals surface area contributed by atoms with Crippen LogP contribution < -0.4 is 11.1 Å². The van der Waals surface area contributed by atoms with Crippen molar-refractivity contribution in [2.75, 3.05) is 6.26 Å². The minimum absolute atomic E-state index is 0.112. The van der Waals surface area contributed by atoms with Crippen molar-refractivity contribution >= 4 is 15.7 Å². The lowest BCUT2D eigenvalue weighted by atomic mass is 9.98. The Hall–Kier alpha value is -3.38. The summed E-state index contributed by atoms with van der Waals surface area (Å²) in [4.78, 5) is 16.5. The molecular weight excluding hydrogens is 517 g/mol.